The van der Waals surface area contributed by atoms with Crippen LogP contribution in [0.5, 0.6) is 0 Å². The van der Waals surface area contributed by atoms with Gasteiger partial charge in [0.25, 0.3) is 0 Å². The summed E-state index contributed by atoms with van der Waals surface area (Å²) < 4.78 is 26.8. The minimum Gasteiger partial charge on any atom is -0.372 e. The van der Waals surface area contributed by atoms with Crippen LogP contribution in [-0.4, -0.2) is 41.8 Å². The first-order chi connectivity index (χ1) is 13.9. The second-order valence-corrected chi connectivity index (χ2v) is 12.0. The van der Waals surface area contributed by atoms with Crippen molar-refractivity contribution in [3.8, 4) is 0 Å². The number of nitrogens with zero attached hydrogens (tertiary/aromatic N) is 2. The molecule has 0 aliphatic rings. The first-order valence-corrected chi connectivity index (χ1v) is 12.7. The molecule has 0 aliphatic heterocycles. The summed E-state index contributed by atoms with van der Waals surface area (Å²) in [5.74, 6) is 0. The fraction of sp³-hybridized carbons (Fsp3) is 0.300. The molecule has 0 bridgehead atoms. The number of hydrogen-bond acceptors (Lipinski definition) is 7. The van der Waals surface area contributed by atoms with Crippen LogP contribution in [0.1, 0.15) is 27.7 Å². The van der Waals surface area contributed by atoms with Gasteiger partial charge < -0.3 is 13.0 Å². The standard InChI is InChI=1S/C20H24N2O5Si2/c1-17(2)25-28(21-15-23,19-11-7-5-8-12-19)27-29(22-16-24,26-18(3)4)20-13-9-6-10-14-20/h5-14,17-18H,1-4H3. The van der Waals surface area contributed by atoms with E-state index in [1.165, 1.54) is 0 Å². The van der Waals surface area contributed by atoms with E-state index >= 15 is 0 Å². The number of rotatable bonds is 10. The zero-order valence-corrected chi connectivity index (χ0v) is 18.9. The van der Waals surface area contributed by atoms with Crippen molar-refractivity contribution in [3.05, 3.63) is 60.7 Å². The molecule has 0 saturated heterocycles. The van der Waals surface area contributed by atoms with Gasteiger partial charge in [-0.2, -0.15) is 9.32 Å². The molecule has 2 aromatic carbocycles. The number of isocyanates is 2. The second-order valence-electron chi connectivity index (χ2n) is 6.74. The topological polar surface area (TPSA) is 86.5 Å². The van der Waals surface area contributed by atoms with Crippen molar-refractivity contribution in [1.29, 1.82) is 0 Å². The van der Waals surface area contributed by atoms with Crippen molar-refractivity contribution >= 4 is 40.0 Å². The Morgan fingerprint density at radius 2 is 1.03 bits per heavy atom. The lowest BCUT2D eigenvalue weighted by Crippen LogP contribution is -2.66. The second kappa shape index (κ2) is 10.3. The van der Waals surface area contributed by atoms with Crippen molar-refractivity contribution in [2.75, 3.05) is 0 Å². The molecule has 0 amide bonds. The predicted molar refractivity (Wildman–Crippen MR) is 113 cm³/mol. The van der Waals surface area contributed by atoms with Crippen LogP contribution in [0, 0.1) is 0 Å². The van der Waals surface area contributed by atoms with Gasteiger partial charge in [-0.05, 0) is 27.7 Å². The highest BCUT2D eigenvalue weighted by Gasteiger charge is 2.56. The lowest BCUT2D eigenvalue weighted by atomic mass is 10.4. The number of hydrogen-bond donors (Lipinski definition) is 0. The third-order valence-corrected chi connectivity index (χ3v) is 10.4. The molecule has 2 rings (SSSR count). The molecule has 0 spiro atoms. The molecule has 2 atom stereocenters. The van der Waals surface area contributed by atoms with Crippen molar-refractivity contribution in [2.45, 2.75) is 39.9 Å². The Morgan fingerprint density at radius 1 is 0.690 bits per heavy atom. The van der Waals surface area contributed by atoms with Crippen LogP contribution in [0.4, 0.5) is 0 Å². The lowest BCUT2D eigenvalue weighted by molar-refractivity contribution is 0.146. The fourth-order valence-electron chi connectivity index (χ4n) is 2.77. The molecular formula is C20H24N2O5Si2. The number of carbonyl (C=O) groups excluding carboxylic acids is 2. The van der Waals surface area contributed by atoms with Gasteiger partial charge in [-0.25, -0.2) is 9.59 Å². The zero-order chi connectivity index (χ0) is 21.3. The van der Waals surface area contributed by atoms with Crippen LogP contribution in [0.3, 0.4) is 0 Å². The first kappa shape index (κ1) is 22.8. The van der Waals surface area contributed by atoms with Crippen molar-refractivity contribution in [3.63, 3.8) is 0 Å². The molecule has 0 fully saturated rings. The summed E-state index contributed by atoms with van der Waals surface area (Å²) in [5, 5.41) is 1.16. The molecule has 7 nitrogen and oxygen atoms in total. The molecule has 0 aromatic heterocycles. The Labute approximate surface area is 172 Å². The Kier molecular flexibility index (Phi) is 8.13. The lowest BCUT2D eigenvalue weighted by Gasteiger charge is -2.35. The zero-order valence-electron chi connectivity index (χ0n) is 16.9. The van der Waals surface area contributed by atoms with Gasteiger partial charge in [-0.3, -0.25) is 0 Å². The van der Waals surface area contributed by atoms with Gasteiger partial charge in [0, 0.05) is 22.6 Å². The third kappa shape index (κ3) is 5.75. The molecule has 0 radical (unpaired) electrons. The van der Waals surface area contributed by atoms with E-state index in [9.17, 15) is 9.59 Å². The summed E-state index contributed by atoms with van der Waals surface area (Å²) in [6.45, 7) is 7.25. The van der Waals surface area contributed by atoms with Crippen LogP contribution in [0.25, 0.3) is 0 Å². The maximum absolute atomic E-state index is 11.4. The van der Waals surface area contributed by atoms with Crippen molar-refractivity contribution in [2.24, 2.45) is 9.32 Å². The van der Waals surface area contributed by atoms with Gasteiger partial charge in [0.05, 0.1) is 0 Å². The summed E-state index contributed by atoms with van der Waals surface area (Å²) >= 11 is 0. The normalized spacial score (nSPS) is 15.1. The summed E-state index contributed by atoms with van der Waals surface area (Å²) in [5.41, 5.74) is 0. The van der Waals surface area contributed by atoms with E-state index in [4.69, 9.17) is 13.0 Å². The Balaban J connectivity index is 2.75. The molecule has 0 heterocycles. The molecular weight excluding hydrogens is 404 g/mol. The maximum atomic E-state index is 11.4. The monoisotopic (exact) mass is 428 g/mol. The quantitative estimate of drug-likeness (QED) is 0.329. The van der Waals surface area contributed by atoms with E-state index in [2.05, 4.69) is 9.32 Å². The predicted octanol–water partition coefficient (Wildman–Crippen LogP) is 2.22. The van der Waals surface area contributed by atoms with Gasteiger partial charge in [-0.15, -0.1) is 0 Å². The first-order valence-electron chi connectivity index (χ1n) is 9.22. The summed E-state index contributed by atoms with van der Waals surface area (Å²) in [7, 11) is -7.58. The minimum absolute atomic E-state index is 0.319. The highest BCUT2D eigenvalue weighted by Crippen LogP contribution is 2.22. The van der Waals surface area contributed by atoms with E-state index in [-0.39, 0.29) is 12.2 Å². The summed E-state index contributed by atoms with van der Waals surface area (Å²) in [6.07, 6.45) is 2.55. The smallest absolute Gasteiger partial charge is 0.372 e. The van der Waals surface area contributed by atoms with E-state index in [0.29, 0.717) is 10.4 Å². The van der Waals surface area contributed by atoms with E-state index < -0.39 is 17.4 Å². The van der Waals surface area contributed by atoms with Crippen LogP contribution >= 0.6 is 0 Å². The van der Waals surface area contributed by atoms with Gasteiger partial charge >= 0.3 is 17.4 Å². The Morgan fingerprint density at radius 3 is 1.31 bits per heavy atom. The van der Waals surface area contributed by atoms with Crippen molar-refractivity contribution in [1.82, 2.24) is 0 Å². The van der Waals surface area contributed by atoms with Crippen molar-refractivity contribution < 1.29 is 22.6 Å². The average Bonchev–Trinajstić information content (AvgIpc) is 2.68. The fourth-order valence-corrected chi connectivity index (χ4v) is 9.35. The van der Waals surface area contributed by atoms with Crippen LogP contribution in [-0.2, 0) is 22.6 Å². The van der Waals surface area contributed by atoms with Gasteiger partial charge in [0.1, 0.15) is 0 Å². The van der Waals surface area contributed by atoms with Crippen LogP contribution < -0.4 is 10.4 Å². The van der Waals surface area contributed by atoms with Gasteiger partial charge in [-0.1, -0.05) is 60.7 Å². The van der Waals surface area contributed by atoms with E-state index in [0.717, 1.165) is 0 Å². The molecule has 0 N–H and O–H groups in total. The highest BCUT2D eigenvalue weighted by atomic mass is 28.5. The largest absolute Gasteiger partial charge is 0.517 e. The van der Waals surface area contributed by atoms with Crippen LogP contribution in [0.2, 0.25) is 0 Å². The van der Waals surface area contributed by atoms with Gasteiger partial charge in [0.2, 0.25) is 12.2 Å². The average molecular weight is 429 g/mol. The van der Waals surface area contributed by atoms with Crippen LogP contribution in [0.15, 0.2) is 70.0 Å². The molecule has 0 aliphatic carbocycles. The third-order valence-electron chi connectivity index (χ3n) is 3.73. The minimum atomic E-state index is -3.79. The summed E-state index contributed by atoms with van der Waals surface area (Å²) in [6, 6.07) is 17.9. The molecule has 152 valence electrons. The number of benzene rings is 2. The van der Waals surface area contributed by atoms with Gasteiger partial charge in [0.15, 0.2) is 0 Å². The highest BCUT2D eigenvalue weighted by molar-refractivity contribution is 6.92. The molecule has 9 heteroatoms. The summed E-state index contributed by atoms with van der Waals surface area (Å²) in [4.78, 5) is 22.9. The van der Waals surface area contributed by atoms with E-state index in [1.807, 2.05) is 39.8 Å². The molecule has 2 unspecified atom stereocenters. The molecule has 29 heavy (non-hydrogen) atoms. The Hall–Kier alpha value is -2.49. The Bertz CT molecular complexity index is 811. The molecule has 0 saturated carbocycles. The SMILES string of the molecule is CC(C)O[Si](N=C=O)(O[Si](N=C=O)(OC(C)C)c1ccccc1)c1ccccc1. The van der Waals surface area contributed by atoms with E-state index in [1.54, 1.807) is 60.7 Å². The molecule has 2 aromatic rings. The maximum Gasteiger partial charge on any atom is 0.517 e.